The van der Waals surface area contributed by atoms with Crippen molar-refractivity contribution in [3.05, 3.63) is 0 Å². The molecule has 82 valence electrons. The fraction of sp³-hybridized carbons (Fsp3) is 1.00. The van der Waals surface area contributed by atoms with Crippen LogP contribution >= 0.6 is 0 Å². The standard InChI is InChI=1S/C12H24Se2/c1-2-8-13(7-1)11-5-6-12-14-9-3-4-10-14/h1-12H2/q+2. The van der Waals surface area contributed by atoms with E-state index in [4.69, 9.17) is 0 Å². The van der Waals surface area contributed by atoms with Crippen LogP contribution in [0.5, 0.6) is 0 Å². The van der Waals surface area contributed by atoms with Crippen LogP contribution in [0.4, 0.5) is 0 Å². The molecule has 0 unspecified atom stereocenters. The molecule has 0 spiro atoms. The van der Waals surface area contributed by atoms with E-state index in [1.54, 1.807) is 70.4 Å². The summed E-state index contributed by atoms with van der Waals surface area (Å²) >= 11 is -0.0105. The van der Waals surface area contributed by atoms with Gasteiger partial charge in [0.05, 0.1) is 0 Å². The second kappa shape index (κ2) is 6.58. The van der Waals surface area contributed by atoms with Crippen molar-refractivity contribution in [2.45, 2.75) is 70.4 Å². The van der Waals surface area contributed by atoms with Crippen molar-refractivity contribution >= 4 is 27.8 Å². The molecule has 0 amide bonds. The van der Waals surface area contributed by atoms with E-state index in [1.165, 1.54) is 0 Å². The Balaban J connectivity index is 1.46. The van der Waals surface area contributed by atoms with Crippen LogP contribution in [0.15, 0.2) is 0 Å². The molecule has 2 heteroatoms. The van der Waals surface area contributed by atoms with E-state index >= 15 is 0 Å². The first-order chi connectivity index (χ1) is 6.95. The predicted molar refractivity (Wildman–Crippen MR) is 68.1 cm³/mol. The van der Waals surface area contributed by atoms with Crippen molar-refractivity contribution in [3.63, 3.8) is 0 Å². The van der Waals surface area contributed by atoms with Gasteiger partial charge in [0, 0.05) is 0 Å². The van der Waals surface area contributed by atoms with E-state index in [0.717, 1.165) is 0 Å². The quantitative estimate of drug-likeness (QED) is 0.521. The van der Waals surface area contributed by atoms with Crippen molar-refractivity contribution in [1.29, 1.82) is 0 Å². The number of hydrogen-bond acceptors (Lipinski definition) is 0. The van der Waals surface area contributed by atoms with Crippen molar-refractivity contribution < 1.29 is 0 Å². The maximum atomic E-state index is 1.69. The average Bonchev–Trinajstić information content (AvgIpc) is 2.86. The van der Waals surface area contributed by atoms with Gasteiger partial charge in [0.2, 0.25) is 0 Å². The van der Waals surface area contributed by atoms with Gasteiger partial charge in [0.1, 0.15) is 0 Å². The number of rotatable bonds is 5. The van der Waals surface area contributed by atoms with Crippen molar-refractivity contribution in [3.8, 4) is 0 Å². The van der Waals surface area contributed by atoms with Crippen molar-refractivity contribution in [2.75, 3.05) is 0 Å². The Morgan fingerprint density at radius 1 is 0.571 bits per heavy atom. The van der Waals surface area contributed by atoms with Crippen LogP contribution in [-0.2, 0) is 0 Å². The van der Waals surface area contributed by atoms with Gasteiger partial charge in [-0.1, -0.05) is 0 Å². The molecule has 0 aromatic rings. The average molecular weight is 326 g/mol. The van der Waals surface area contributed by atoms with Gasteiger partial charge in [-0.3, -0.25) is 0 Å². The maximum absolute atomic E-state index is 1.69. The third-order valence-electron chi connectivity index (χ3n) is 3.35. The first-order valence-electron chi connectivity index (χ1n) is 6.23. The molecule has 2 rings (SSSR count). The molecule has 0 aromatic carbocycles. The van der Waals surface area contributed by atoms with Gasteiger partial charge >= 0.3 is 98.2 Å². The summed E-state index contributed by atoms with van der Waals surface area (Å²) in [6.07, 6.45) is 9.57. The Morgan fingerprint density at radius 2 is 0.929 bits per heavy atom. The first-order valence-corrected chi connectivity index (χ1v) is 13.5. The van der Waals surface area contributed by atoms with Gasteiger partial charge in [0.25, 0.3) is 0 Å². The van der Waals surface area contributed by atoms with Crippen LogP contribution < -0.4 is 0 Å². The van der Waals surface area contributed by atoms with Gasteiger partial charge in [-0.25, -0.2) is 0 Å². The summed E-state index contributed by atoms with van der Waals surface area (Å²) < 4.78 is 0. The summed E-state index contributed by atoms with van der Waals surface area (Å²) in [6.45, 7) is 0. The fourth-order valence-corrected chi connectivity index (χ4v) is 12.7. The van der Waals surface area contributed by atoms with Crippen LogP contribution in [-0.4, -0.2) is 27.8 Å². The molecule has 0 nitrogen and oxygen atoms in total. The van der Waals surface area contributed by atoms with Crippen LogP contribution in [0, 0.1) is 0 Å². The summed E-state index contributed by atoms with van der Waals surface area (Å²) in [4.78, 5) is 0. The van der Waals surface area contributed by atoms with E-state index in [1.807, 2.05) is 0 Å². The molecule has 0 aliphatic carbocycles. The monoisotopic (exact) mass is 328 g/mol. The topological polar surface area (TPSA) is 0 Å². The molecule has 2 aliphatic rings. The Bertz CT molecular complexity index is 128. The fourth-order valence-electron chi connectivity index (χ4n) is 2.45. The van der Waals surface area contributed by atoms with Crippen LogP contribution in [0.3, 0.4) is 0 Å². The zero-order chi connectivity index (χ0) is 9.64. The van der Waals surface area contributed by atoms with E-state index in [2.05, 4.69) is 0 Å². The van der Waals surface area contributed by atoms with Gasteiger partial charge in [-0.2, -0.15) is 0 Å². The molecule has 0 bridgehead atoms. The normalized spacial score (nSPS) is 24.9. The molecule has 0 radical (unpaired) electrons. The van der Waals surface area contributed by atoms with Gasteiger partial charge in [-0.05, 0) is 0 Å². The van der Waals surface area contributed by atoms with Crippen LogP contribution in [0.25, 0.3) is 0 Å². The zero-order valence-corrected chi connectivity index (χ0v) is 12.7. The molecule has 0 aromatic heterocycles. The SMILES string of the molecule is C1CC[Se+](CCCC[Se+]2CCCC2)C1. The molecule has 2 fully saturated rings. The molecule has 0 N–H and O–H groups in total. The minimum absolute atomic E-state index is 0.00527. The van der Waals surface area contributed by atoms with E-state index in [9.17, 15) is 0 Å². The van der Waals surface area contributed by atoms with E-state index in [0.29, 0.717) is 0 Å². The molecule has 2 saturated heterocycles. The first kappa shape index (κ1) is 11.5. The Labute approximate surface area is 98.0 Å². The summed E-state index contributed by atoms with van der Waals surface area (Å²) in [6, 6.07) is 0. The molecule has 0 atom stereocenters. The van der Waals surface area contributed by atoms with Gasteiger partial charge in [0.15, 0.2) is 0 Å². The Hall–Kier alpha value is 1.04. The third-order valence-corrected chi connectivity index (χ3v) is 14.2. The summed E-state index contributed by atoms with van der Waals surface area (Å²) in [5.74, 6) is 0. The molecule has 14 heavy (non-hydrogen) atoms. The van der Waals surface area contributed by atoms with Crippen LogP contribution in [0.2, 0.25) is 31.9 Å². The molecular formula is C12H24Se2+2. The molecule has 0 saturated carbocycles. The second-order valence-corrected chi connectivity index (χ2v) is 14.8. The molecular weight excluding hydrogens is 302 g/mol. The predicted octanol–water partition coefficient (Wildman–Crippen LogP) is 4.34. The summed E-state index contributed by atoms with van der Waals surface area (Å²) in [5, 5.41) is 10.1. The van der Waals surface area contributed by atoms with Crippen LogP contribution in [0.1, 0.15) is 38.5 Å². The van der Waals surface area contributed by atoms with Crippen molar-refractivity contribution in [2.24, 2.45) is 0 Å². The molecule has 2 heterocycles. The van der Waals surface area contributed by atoms with Gasteiger partial charge in [-0.15, -0.1) is 0 Å². The number of unbranched alkanes of at least 4 members (excludes halogenated alkanes) is 1. The summed E-state index contributed by atoms with van der Waals surface area (Å²) in [7, 11) is 0. The number of hydrogen-bond donors (Lipinski definition) is 0. The Kier molecular flexibility index (Phi) is 5.42. The summed E-state index contributed by atoms with van der Waals surface area (Å²) in [5.41, 5.74) is 0. The molecule has 2 aliphatic heterocycles. The Morgan fingerprint density at radius 3 is 1.29 bits per heavy atom. The minimum atomic E-state index is -0.00527. The van der Waals surface area contributed by atoms with Gasteiger partial charge < -0.3 is 0 Å². The second-order valence-electron chi connectivity index (χ2n) is 4.57. The van der Waals surface area contributed by atoms with E-state index < -0.39 is 0 Å². The van der Waals surface area contributed by atoms with E-state index in [-0.39, 0.29) is 27.8 Å². The van der Waals surface area contributed by atoms with Crippen molar-refractivity contribution in [1.82, 2.24) is 0 Å². The third kappa shape index (κ3) is 3.89. The zero-order valence-electron chi connectivity index (χ0n) is 9.30.